The van der Waals surface area contributed by atoms with Gasteiger partial charge in [-0.2, -0.15) is 0 Å². The smallest absolute Gasteiger partial charge is 0.192 e. The first-order chi connectivity index (χ1) is 7.20. The molecule has 0 bridgehead atoms. The van der Waals surface area contributed by atoms with Crippen molar-refractivity contribution in [3.8, 4) is 12.3 Å². The van der Waals surface area contributed by atoms with Gasteiger partial charge in [-0.05, 0) is 25.7 Å². The number of rotatable bonds is 6. The fraction of sp³-hybridized carbons (Fsp3) is 0.750. The van der Waals surface area contributed by atoms with Gasteiger partial charge in [0.05, 0.1) is 6.54 Å². The predicted molar refractivity (Wildman–Crippen MR) is 66.9 cm³/mol. The molecule has 0 spiro atoms. The van der Waals surface area contributed by atoms with E-state index in [0.717, 1.165) is 31.4 Å². The Labute approximate surface area is 93.7 Å². The number of hydrogen-bond donors (Lipinski definition) is 2. The van der Waals surface area contributed by atoms with Crippen LogP contribution in [0.5, 0.6) is 0 Å². The molecule has 0 aliphatic heterocycles. The standard InChI is InChI=1S/C12H23N3/c1-5-9-14-12(13-6-2)15-10-7-8-11(3)4/h1,11H,6-10H2,2-4H3,(H2,13,14,15). The third-order valence-electron chi connectivity index (χ3n) is 1.91. The molecule has 0 aromatic heterocycles. The lowest BCUT2D eigenvalue weighted by Gasteiger charge is -2.09. The molecule has 15 heavy (non-hydrogen) atoms. The summed E-state index contributed by atoms with van der Waals surface area (Å²) in [6.45, 7) is 8.74. The van der Waals surface area contributed by atoms with Crippen LogP contribution in [-0.4, -0.2) is 25.6 Å². The normalized spacial score (nSPS) is 11.3. The molecule has 0 rings (SSSR count). The molecular weight excluding hydrogens is 186 g/mol. The summed E-state index contributed by atoms with van der Waals surface area (Å²) in [6.07, 6.45) is 7.52. The summed E-state index contributed by atoms with van der Waals surface area (Å²) < 4.78 is 0. The van der Waals surface area contributed by atoms with Gasteiger partial charge in [-0.15, -0.1) is 6.42 Å². The average molecular weight is 209 g/mol. The highest BCUT2D eigenvalue weighted by Gasteiger charge is 1.95. The van der Waals surface area contributed by atoms with Crippen LogP contribution in [0.1, 0.15) is 33.6 Å². The maximum absolute atomic E-state index is 5.17. The molecule has 0 heterocycles. The van der Waals surface area contributed by atoms with Gasteiger partial charge in [0.25, 0.3) is 0 Å². The fourth-order valence-electron chi connectivity index (χ4n) is 1.17. The van der Waals surface area contributed by atoms with E-state index in [4.69, 9.17) is 6.42 Å². The van der Waals surface area contributed by atoms with Gasteiger partial charge in [0.1, 0.15) is 0 Å². The van der Waals surface area contributed by atoms with E-state index in [0.29, 0.717) is 6.54 Å². The van der Waals surface area contributed by atoms with Crippen molar-refractivity contribution in [1.29, 1.82) is 0 Å². The van der Waals surface area contributed by atoms with Gasteiger partial charge in [0.15, 0.2) is 5.96 Å². The van der Waals surface area contributed by atoms with Gasteiger partial charge in [0, 0.05) is 13.1 Å². The first-order valence-corrected chi connectivity index (χ1v) is 5.66. The highest BCUT2D eigenvalue weighted by molar-refractivity contribution is 5.79. The first kappa shape index (κ1) is 13.8. The Bertz CT molecular complexity index is 213. The Morgan fingerprint density at radius 2 is 2.13 bits per heavy atom. The summed E-state index contributed by atoms with van der Waals surface area (Å²) in [5.74, 6) is 4.10. The van der Waals surface area contributed by atoms with Crippen molar-refractivity contribution < 1.29 is 0 Å². The highest BCUT2D eigenvalue weighted by atomic mass is 15.2. The molecule has 0 radical (unpaired) electrons. The lowest BCUT2D eigenvalue weighted by Crippen LogP contribution is -2.37. The SMILES string of the molecule is C#CCNC(=NCCCC(C)C)NCC. The summed E-state index contributed by atoms with van der Waals surface area (Å²) >= 11 is 0. The summed E-state index contributed by atoms with van der Waals surface area (Å²) in [5, 5.41) is 6.21. The Morgan fingerprint density at radius 3 is 2.67 bits per heavy atom. The second-order valence-electron chi connectivity index (χ2n) is 3.85. The monoisotopic (exact) mass is 209 g/mol. The highest BCUT2D eigenvalue weighted by Crippen LogP contribution is 2.02. The maximum Gasteiger partial charge on any atom is 0.192 e. The predicted octanol–water partition coefficient (Wildman–Crippen LogP) is 1.61. The molecule has 0 aromatic rings. The van der Waals surface area contributed by atoms with Gasteiger partial charge in [-0.1, -0.05) is 19.8 Å². The van der Waals surface area contributed by atoms with Crippen LogP contribution in [0, 0.1) is 18.3 Å². The van der Waals surface area contributed by atoms with Crippen LogP contribution >= 0.6 is 0 Å². The zero-order valence-electron chi connectivity index (χ0n) is 10.1. The van der Waals surface area contributed by atoms with Crippen molar-refractivity contribution in [2.24, 2.45) is 10.9 Å². The van der Waals surface area contributed by atoms with Gasteiger partial charge in [0.2, 0.25) is 0 Å². The quantitative estimate of drug-likeness (QED) is 0.302. The fourth-order valence-corrected chi connectivity index (χ4v) is 1.17. The Hall–Kier alpha value is -1.17. The maximum atomic E-state index is 5.17. The molecule has 0 unspecified atom stereocenters. The first-order valence-electron chi connectivity index (χ1n) is 5.66. The van der Waals surface area contributed by atoms with E-state index < -0.39 is 0 Å². The largest absolute Gasteiger partial charge is 0.357 e. The molecular formula is C12H23N3. The zero-order valence-corrected chi connectivity index (χ0v) is 10.1. The molecule has 3 nitrogen and oxygen atoms in total. The van der Waals surface area contributed by atoms with Crippen molar-refractivity contribution >= 4 is 5.96 Å². The lowest BCUT2D eigenvalue weighted by molar-refractivity contribution is 0.560. The molecule has 0 fully saturated rings. The van der Waals surface area contributed by atoms with Gasteiger partial charge >= 0.3 is 0 Å². The minimum absolute atomic E-state index is 0.524. The molecule has 0 atom stereocenters. The second-order valence-corrected chi connectivity index (χ2v) is 3.85. The summed E-state index contributed by atoms with van der Waals surface area (Å²) in [4.78, 5) is 4.42. The van der Waals surface area contributed by atoms with Crippen molar-refractivity contribution in [1.82, 2.24) is 10.6 Å². The number of guanidine groups is 1. The molecule has 0 aliphatic rings. The van der Waals surface area contributed by atoms with Gasteiger partial charge < -0.3 is 10.6 Å². The number of aliphatic imine (C=N–C) groups is 1. The van der Waals surface area contributed by atoms with Crippen LogP contribution < -0.4 is 10.6 Å². The van der Waals surface area contributed by atoms with E-state index in [-0.39, 0.29) is 0 Å². The van der Waals surface area contributed by atoms with E-state index in [1.807, 2.05) is 6.92 Å². The molecule has 86 valence electrons. The van der Waals surface area contributed by atoms with Crippen LogP contribution in [0.3, 0.4) is 0 Å². The van der Waals surface area contributed by atoms with E-state index in [9.17, 15) is 0 Å². The molecule has 2 N–H and O–H groups in total. The molecule has 0 amide bonds. The van der Waals surface area contributed by atoms with E-state index in [2.05, 4.69) is 35.4 Å². The summed E-state index contributed by atoms with van der Waals surface area (Å²) in [5.41, 5.74) is 0. The molecule has 3 heteroatoms. The summed E-state index contributed by atoms with van der Waals surface area (Å²) in [6, 6.07) is 0. The van der Waals surface area contributed by atoms with Gasteiger partial charge in [-0.3, -0.25) is 4.99 Å². The minimum atomic E-state index is 0.524. The summed E-state index contributed by atoms with van der Waals surface area (Å²) in [7, 11) is 0. The van der Waals surface area contributed by atoms with E-state index >= 15 is 0 Å². The van der Waals surface area contributed by atoms with Crippen molar-refractivity contribution in [3.05, 3.63) is 0 Å². The van der Waals surface area contributed by atoms with Crippen molar-refractivity contribution in [2.45, 2.75) is 33.6 Å². The number of nitrogens with zero attached hydrogens (tertiary/aromatic N) is 1. The van der Waals surface area contributed by atoms with Crippen LogP contribution in [0.15, 0.2) is 4.99 Å². The lowest BCUT2D eigenvalue weighted by atomic mass is 10.1. The average Bonchev–Trinajstić information content (AvgIpc) is 2.20. The Morgan fingerprint density at radius 1 is 1.40 bits per heavy atom. The van der Waals surface area contributed by atoms with Crippen LogP contribution in [-0.2, 0) is 0 Å². The van der Waals surface area contributed by atoms with Crippen LogP contribution in [0.2, 0.25) is 0 Å². The van der Waals surface area contributed by atoms with Crippen molar-refractivity contribution in [2.75, 3.05) is 19.6 Å². The number of terminal acetylenes is 1. The van der Waals surface area contributed by atoms with E-state index in [1.165, 1.54) is 6.42 Å². The van der Waals surface area contributed by atoms with Crippen molar-refractivity contribution in [3.63, 3.8) is 0 Å². The second kappa shape index (κ2) is 9.39. The van der Waals surface area contributed by atoms with Crippen LogP contribution in [0.4, 0.5) is 0 Å². The topological polar surface area (TPSA) is 36.4 Å². The molecule has 0 saturated heterocycles. The van der Waals surface area contributed by atoms with Gasteiger partial charge in [-0.25, -0.2) is 0 Å². The van der Waals surface area contributed by atoms with E-state index in [1.54, 1.807) is 0 Å². The third kappa shape index (κ3) is 9.14. The Balaban J connectivity index is 3.79. The molecule has 0 aromatic carbocycles. The third-order valence-corrected chi connectivity index (χ3v) is 1.91. The zero-order chi connectivity index (χ0) is 11.5. The Kier molecular flexibility index (Phi) is 8.66. The minimum Gasteiger partial charge on any atom is -0.357 e. The number of nitrogens with one attached hydrogen (secondary N) is 2. The molecule has 0 aliphatic carbocycles. The van der Waals surface area contributed by atoms with Crippen LogP contribution in [0.25, 0.3) is 0 Å². The molecule has 0 saturated carbocycles. The number of hydrogen-bond acceptors (Lipinski definition) is 1.